The van der Waals surface area contributed by atoms with Crippen LogP contribution >= 0.6 is 0 Å². The van der Waals surface area contributed by atoms with Crippen LogP contribution in [0, 0.1) is 11.3 Å². The van der Waals surface area contributed by atoms with Gasteiger partial charge in [0.2, 0.25) is 5.91 Å². The lowest BCUT2D eigenvalue weighted by atomic mass is 10.2. The Morgan fingerprint density at radius 3 is 2.91 bits per heavy atom. The van der Waals surface area contributed by atoms with E-state index in [4.69, 9.17) is 5.26 Å². The third-order valence-corrected chi connectivity index (χ3v) is 2.95. The SMILES string of the molecule is CCCC(=O)Nc1cccc(CNc2nccnc2C#N)c1. The van der Waals surface area contributed by atoms with Gasteiger partial charge in [-0.2, -0.15) is 5.26 Å². The van der Waals surface area contributed by atoms with Crippen molar-refractivity contribution < 1.29 is 4.79 Å². The predicted molar refractivity (Wildman–Crippen MR) is 84.1 cm³/mol. The summed E-state index contributed by atoms with van der Waals surface area (Å²) in [5.74, 6) is 0.457. The number of rotatable bonds is 6. The molecule has 1 aromatic heterocycles. The molecule has 0 spiro atoms. The third kappa shape index (κ3) is 4.28. The summed E-state index contributed by atoms with van der Waals surface area (Å²) in [6.07, 6.45) is 4.34. The smallest absolute Gasteiger partial charge is 0.224 e. The highest BCUT2D eigenvalue weighted by molar-refractivity contribution is 5.90. The van der Waals surface area contributed by atoms with Gasteiger partial charge in [0.05, 0.1) is 0 Å². The number of carbonyl (C=O) groups is 1. The molecule has 1 heterocycles. The van der Waals surface area contributed by atoms with Gasteiger partial charge in [0, 0.05) is 31.0 Å². The van der Waals surface area contributed by atoms with Gasteiger partial charge in [0.25, 0.3) is 0 Å². The fourth-order valence-electron chi connectivity index (χ4n) is 1.94. The molecule has 2 aromatic rings. The Balaban J connectivity index is 2.02. The molecule has 0 radical (unpaired) electrons. The van der Waals surface area contributed by atoms with Crippen molar-refractivity contribution in [3.05, 3.63) is 47.9 Å². The van der Waals surface area contributed by atoms with E-state index in [1.165, 1.54) is 12.4 Å². The van der Waals surface area contributed by atoms with E-state index < -0.39 is 0 Å². The lowest BCUT2D eigenvalue weighted by Gasteiger charge is -2.09. The van der Waals surface area contributed by atoms with Crippen LogP contribution in [0.5, 0.6) is 0 Å². The monoisotopic (exact) mass is 295 g/mol. The molecular formula is C16H17N5O. The molecule has 0 aliphatic rings. The number of amides is 1. The van der Waals surface area contributed by atoms with Crippen LogP contribution in [0.1, 0.15) is 31.0 Å². The maximum atomic E-state index is 11.6. The maximum Gasteiger partial charge on any atom is 0.224 e. The van der Waals surface area contributed by atoms with Gasteiger partial charge in [-0.05, 0) is 24.1 Å². The molecule has 0 saturated carbocycles. The van der Waals surface area contributed by atoms with Crippen LogP contribution in [0.3, 0.4) is 0 Å². The summed E-state index contributed by atoms with van der Waals surface area (Å²) >= 11 is 0. The Bertz CT molecular complexity index is 693. The maximum absolute atomic E-state index is 11.6. The van der Waals surface area contributed by atoms with Crippen LogP contribution in [0.15, 0.2) is 36.7 Å². The summed E-state index contributed by atoms with van der Waals surface area (Å²) in [4.78, 5) is 19.6. The van der Waals surface area contributed by atoms with E-state index in [0.717, 1.165) is 17.7 Å². The lowest BCUT2D eigenvalue weighted by molar-refractivity contribution is -0.116. The summed E-state index contributed by atoms with van der Waals surface area (Å²) in [6, 6.07) is 9.54. The highest BCUT2D eigenvalue weighted by Gasteiger charge is 2.05. The van der Waals surface area contributed by atoms with E-state index in [1.807, 2.05) is 37.3 Å². The van der Waals surface area contributed by atoms with Gasteiger partial charge in [-0.1, -0.05) is 19.1 Å². The molecule has 112 valence electrons. The van der Waals surface area contributed by atoms with Gasteiger partial charge >= 0.3 is 0 Å². The number of hydrogen-bond acceptors (Lipinski definition) is 5. The van der Waals surface area contributed by atoms with Crippen molar-refractivity contribution in [1.82, 2.24) is 9.97 Å². The van der Waals surface area contributed by atoms with Gasteiger partial charge in [-0.15, -0.1) is 0 Å². The average molecular weight is 295 g/mol. The molecule has 6 heteroatoms. The number of hydrogen-bond donors (Lipinski definition) is 2. The first-order chi connectivity index (χ1) is 10.7. The average Bonchev–Trinajstić information content (AvgIpc) is 2.53. The molecule has 0 unspecified atom stereocenters. The van der Waals surface area contributed by atoms with E-state index in [0.29, 0.717) is 18.8 Å². The zero-order chi connectivity index (χ0) is 15.8. The first-order valence-electron chi connectivity index (χ1n) is 7.06. The standard InChI is InChI=1S/C16H17N5O/c1-2-4-15(22)21-13-6-3-5-12(9-13)11-20-16-14(10-17)18-7-8-19-16/h3,5-9H,2,4,11H2,1H3,(H,19,20)(H,21,22). The molecule has 0 saturated heterocycles. The molecular weight excluding hydrogens is 278 g/mol. The highest BCUT2D eigenvalue weighted by Crippen LogP contribution is 2.14. The third-order valence-electron chi connectivity index (χ3n) is 2.95. The van der Waals surface area contributed by atoms with Gasteiger partial charge in [-0.3, -0.25) is 4.79 Å². The van der Waals surface area contributed by atoms with Crippen molar-refractivity contribution in [2.45, 2.75) is 26.3 Å². The number of nitrogens with one attached hydrogen (secondary N) is 2. The minimum Gasteiger partial charge on any atom is -0.364 e. The number of carbonyl (C=O) groups excluding carboxylic acids is 1. The van der Waals surface area contributed by atoms with E-state index in [9.17, 15) is 4.79 Å². The van der Waals surface area contributed by atoms with Crippen LogP contribution in [0.2, 0.25) is 0 Å². The summed E-state index contributed by atoms with van der Waals surface area (Å²) in [6.45, 7) is 2.46. The second-order valence-electron chi connectivity index (χ2n) is 4.72. The number of nitrogens with zero attached hydrogens (tertiary/aromatic N) is 3. The lowest BCUT2D eigenvalue weighted by Crippen LogP contribution is -2.11. The van der Waals surface area contributed by atoms with Crippen molar-refractivity contribution >= 4 is 17.4 Å². The molecule has 0 aliphatic carbocycles. The molecule has 0 fully saturated rings. The van der Waals surface area contributed by atoms with Crippen LogP contribution < -0.4 is 10.6 Å². The van der Waals surface area contributed by atoms with E-state index >= 15 is 0 Å². The zero-order valence-electron chi connectivity index (χ0n) is 12.3. The number of nitriles is 1. The molecule has 6 nitrogen and oxygen atoms in total. The Kier molecular flexibility index (Phi) is 5.44. The Morgan fingerprint density at radius 2 is 2.14 bits per heavy atom. The molecule has 0 bridgehead atoms. The van der Waals surface area contributed by atoms with Gasteiger partial charge < -0.3 is 10.6 Å². The van der Waals surface area contributed by atoms with Crippen molar-refractivity contribution in [1.29, 1.82) is 5.26 Å². The first kappa shape index (κ1) is 15.4. The second-order valence-corrected chi connectivity index (χ2v) is 4.72. The summed E-state index contributed by atoms with van der Waals surface area (Å²) in [5.41, 5.74) is 2.00. The topological polar surface area (TPSA) is 90.7 Å². The Labute approximate surface area is 129 Å². The Morgan fingerprint density at radius 1 is 1.32 bits per heavy atom. The van der Waals surface area contributed by atoms with Gasteiger partial charge in [-0.25, -0.2) is 9.97 Å². The van der Waals surface area contributed by atoms with Crippen molar-refractivity contribution in [3.8, 4) is 6.07 Å². The molecule has 0 aliphatic heterocycles. The van der Waals surface area contributed by atoms with E-state index in [1.54, 1.807) is 0 Å². The summed E-state index contributed by atoms with van der Waals surface area (Å²) in [7, 11) is 0. The quantitative estimate of drug-likeness (QED) is 0.855. The number of aromatic nitrogens is 2. The van der Waals surface area contributed by atoms with Crippen molar-refractivity contribution in [2.75, 3.05) is 10.6 Å². The van der Waals surface area contributed by atoms with Crippen LogP contribution in [-0.4, -0.2) is 15.9 Å². The van der Waals surface area contributed by atoms with Crippen LogP contribution in [0.4, 0.5) is 11.5 Å². The normalized spacial score (nSPS) is 9.82. The van der Waals surface area contributed by atoms with Crippen molar-refractivity contribution in [3.63, 3.8) is 0 Å². The van der Waals surface area contributed by atoms with Crippen molar-refractivity contribution in [2.24, 2.45) is 0 Å². The molecule has 1 aromatic carbocycles. The minimum absolute atomic E-state index is 0.00769. The first-order valence-corrected chi connectivity index (χ1v) is 7.06. The van der Waals surface area contributed by atoms with E-state index in [2.05, 4.69) is 20.6 Å². The zero-order valence-corrected chi connectivity index (χ0v) is 12.3. The minimum atomic E-state index is 0.00769. The largest absolute Gasteiger partial charge is 0.364 e. The molecule has 0 atom stereocenters. The van der Waals surface area contributed by atoms with Gasteiger partial charge in [0.1, 0.15) is 6.07 Å². The molecule has 22 heavy (non-hydrogen) atoms. The number of benzene rings is 1. The molecule has 2 N–H and O–H groups in total. The summed E-state index contributed by atoms with van der Waals surface area (Å²) < 4.78 is 0. The fraction of sp³-hybridized carbons (Fsp3) is 0.250. The molecule has 1 amide bonds. The molecule has 2 rings (SSSR count). The second kappa shape index (κ2) is 7.74. The Hall–Kier alpha value is -2.94. The highest BCUT2D eigenvalue weighted by atomic mass is 16.1. The predicted octanol–water partition coefficient (Wildman–Crippen LogP) is 2.70. The van der Waals surface area contributed by atoms with Crippen LogP contribution in [-0.2, 0) is 11.3 Å². The fourth-order valence-corrected chi connectivity index (χ4v) is 1.94. The number of anilines is 2. The van der Waals surface area contributed by atoms with E-state index in [-0.39, 0.29) is 11.6 Å². The van der Waals surface area contributed by atoms with Crippen LogP contribution in [0.25, 0.3) is 0 Å². The summed E-state index contributed by atoms with van der Waals surface area (Å²) in [5, 5.41) is 14.9. The van der Waals surface area contributed by atoms with Gasteiger partial charge in [0.15, 0.2) is 11.5 Å².